The molecule has 0 amide bonds. The molecule has 1 aliphatic carbocycles. The fourth-order valence-electron chi connectivity index (χ4n) is 4.35. The molecule has 0 fully saturated rings. The lowest BCUT2D eigenvalue weighted by atomic mass is 9.78. The molecule has 33 heavy (non-hydrogen) atoms. The number of rotatable bonds is 9. The van der Waals surface area contributed by atoms with E-state index in [4.69, 9.17) is 4.74 Å². The average molecular weight is 470 g/mol. The molecule has 8 heteroatoms. The van der Waals surface area contributed by atoms with Gasteiger partial charge in [0.05, 0.1) is 29.1 Å². The van der Waals surface area contributed by atoms with Crippen LogP contribution in [0.5, 0.6) is 0 Å². The van der Waals surface area contributed by atoms with Crippen molar-refractivity contribution in [3.8, 4) is 5.69 Å². The Morgan fingerprint density at radius 3 is 2.55 bits per heavy atom. The van der Waals surface area contributed by atoms with Gasteiger partial charge in [0, 0.05) is 25.6 Å². The normalized spacial score (nSPS) is 17.9. The fraction of sp³-hybridized carbons (Fsp3) is 0.320. The maximum absolute atomic E-state index is 13.4. The molecule has 2 aromatic carbocycles. The number of benzene rings is 2. The lowest BCUT2D eigenvalue weighted by Gasteiger charge is -2.37. The van der Waals surface area contributed by atoms with Gasteiger partial charge >= 0.3 is 0 Å². The van der Waals surface area contributed by atoms with Crippen molar-refractivity contribution in [2.24, 2.45) is 5.41 Å². The first-order chi connectivity index (χ1) is 15.9. The molecule has 0 radical (unpaired) electrons. The highest BCUT2D eigenvalue weighted by Gasteiger charge is 2.38. The van der Waals surface area contributed by atoms with E-state index in [-0.39, 0.29) is 10.7 Å². The van der Waals surface area contributed by atoms with Crippen LogP contribution in [0.2, 0.25) is 0 Å². The Kier molecular flexibility index (Phi) is 6.78. The summed E-state index contributed by atoms with van der Waals surface area (Å²) in [5.74, 6) is -0.301. The van der Waals surface area contributed by atoms with E-state index in [1.807, 2.05) is 19.1 Å². The molecule has 4 rings (SSSR count). The number of sulfonamides is 1. The molecular formula is C25H28FN3O3S. The zero-order valence-electron chi connectivity index (χ0n) is 18.8. The van der Waals surface area contributed by atoms with Crippen LogP contribution in [-0.2, 0) is 21.2 Å². The number of ether oxygens (including phenoxy) is 1. The van der Waals surface area contributed by atoms with Gasteiger partial charge < -0.3 is 4.74 Å². The van der Waals surface area contributed by atoms with E-state index < -0.39 is 15.4 Å². The summed E-state index contributed by atoms with van der Waals surface area (Å²) in [5, 5.41) is 4.51. The second-order valence-corrected chi connectivity index (χ2v) is 10.3. The van der Waals surface area contributed by atoms with Crippen molar-refractivity contribution in [1.82, 2.24) is 14.1 Å². The van der Waals surface area contributed by atoms with E-state index in [1.165, 1.54) is 12.1 Å². The van der Waals surface area contributed by atoms with Gasteiger partial charge in [0.2, 0.25) is 10.0 Å². The monoisotopic (exact) mass is 469 g/mol. The third-order valence-electron chi connectivity index (χ3n) is 5.87. The van der Waals surface area contributed by atoms with Gasteiger partial charge in [-0.2, -0.15) is 9.40 Å². The van der Waals surface area contributed by atoms with Gasteiger partial charge in [-0.1, -0.05) is 31.2 Å². The van der Waals surface area contributed by atoms with Crippen LogP contribution >= 0.6 is 0 Å². The predicted octanol–water partition coefficient (Wildman–Crippen LogP) is 4.31. The van der Waals surface area contributed by atoms with E-state index in [2.05, 4.69) is 5.10 Å². The SMILES string of the molecule is CCCN(C[C@]1(COC)C=Cc2c(cnn2-c2ccc(F)cc2)C1)S(=O)(=O)c1ccccc1. The molecule has 1 aliphatic rings. The van der Waals surface area contributed by atoms with Crippen LogP contribution in [0.3, 0.4) is 0 Å². The minimum atomic E-state index is -3.65. The summed E-state index contributed by atoms with van der Waals surface area (Å²) in [6.45, 7) is 3.05. The fourth-order valence-corrected chi connectivity index (χ4v) is 6.00. The van der Waals surface area contributed by atoms with E-state index in [1.54, 1.807) is 64.8 Å². The summed E-state index contributed by atoms with van der Waals surface area (Å²) in [6, 6.07) is 14.7. The van der Waals surface area contributed by atoms with E-state index in [0.29, 0.717) is 32.5 Å². The maximum atomic E-state index is 13.4. The molecule has 1 aromatic heterocycles. The second-order valence-electron chi connectivity index (χ2n) is 8.40. The molecular weight excluding hydrogens is 441 g/mol. The van der Waals surface area contributed by atoms with Gasteiger partial charge in [-0.05, 0) is 60.9 Å². The van der Waals surface area contributed by atoms with Gasteiger partial charge in [0.15, 0.2) is 0 Å². The number of aromatic nitrogens is 2. The van der Waals surface area contributed by atoms with Crippen LogP contribution in [0, 0.1) is 11.2 Å². The minimum absolute atomic E-state index is 0.288. The Hall–Kier alpha value is -2.81. The molecule has 0 unspecified atom stereocenters. The van der Waals surface area contributed by atoms with Gasteiger partial charge in [0.1, 0.15) is 5.82 Å². The molecule has 0 N–H and O–H groups in total. The first-order valence-corrected chi connectivity index (χ1v) is 12.4. The van der Waals surface area contributed by atoms with Crippen LogP contribution < -0.4 is 0 Å². The summed E-state index contributed by atoms with van der Waals surface area (Å²) < 4.78 is 49.1. The molecule has 3 aromatic rings. The third kappa shape index (κ3) is 4.78. The summed E-state index contributed by atoms with van der Waals surface area (Å²) in [4.78, 5) is 0.288. The molecule has 0 aliphatic heterocycles. The van der Waals surface area contributed by atoms with Gasteiger partial charge in [-0.25, -0.2) is 17.5 Å². The number of hydrogen-bond acceptors (Lipinski definition) is 4. The van der Waals surface area contributed by atoms with E-state index in [9.17, 15) is 12.8 Å². The predicted molar refractivity (Wildman–Crippen MR) is 126 cm³/mol. The first-order valence-electron chi connectivity index (χ1n) is 10.9. The largest absolute Gasteiger partial charge is 0.384 e. The lowest BCUT2D eigenvalue weighted by molar-refractivity contribution is 0.0953. The Morgan fingerprint density at radius 1 is 1.15 bits per heavy atom. The van der Waals surface area contributed by atoms with Crippen molar-refractivity contribution < 1.29 is 17.5 Å². The molecule has 1 heterocycles. The number of methoxy groups -OCH3 is 1. The van der Waals surface area contributed by atoms with Gasteiger partial charge in [0.25, 0.3) is 0 Å². The van der Waals surface area contributed by atoms with Gasteiger partial charge in [-0.15, -0.1) is 0 Å². The summed E-state index contributed by atoms with van der Waals surface area (Å²) in [5.41, 5.74) is 2.13. The number of fused-ring (bicyclic) bond motifs is 1. The molecule has 0 saturated carbocycles. The average Bonchev–Trinajstić information content (AvgIpc) is 3.23. The smallest absolute Gasteiger partial charge is 0.243 e. The van der Waals surface area contributed by atoms with Crippen LogP contribution in [0.15, 0.2) is 71.8 Å². The summed E-state index contributed by atoms with van der Waals surface area (Å²) in [7, 11) is -2.02. The standard InChI is InChI=1S/C25H28FN3O3S/c1-3-15-28(33(30,31)23-7-5-4-6-8-23)18-25(19-32-2)14-13-24-20(16-25)17-27-29(24)22-11-9-21(26)10-12-22/h4-14,17H,3,15-16,18-19H2,1-2H3/t25-/m0/s1. The van der Waals surface area contributed by atoms with Crippen molar-refractivity contribution in [3.05, 3.63) is 83.9 Å². The third-order valence-corrected chi connectivity index (χ3v) is 7.73. The molecule has 6 nitrogen and oxygen atoms in total. The topological polar surface area (TPSA) is 64.4 Å². The molecule has 1 atom stereocenters. The Morgan fingerprint density at radius 2 is 1.88 bits per heavy atom. The van der Waals surface area contributed by atoms with E-state index in [0.717, 1.165) is 16.9 Å². The number of hydrogen-bond donors (Lipinski definition) is 0. The Labute approximate surface area is 194 Å². The highest BCUT2D eigenvalue weighted by atomic mass is 32.2. The van der Waals surface area contributed by atoms with Crippen LogP contribution in [0.4, 0.5) is 4.39 Å². The van der Waals surface area contributed by atoms with Gasteiger partial charge in [-0.3, -0.25) is 0 Å². The van der Waals surface area contributed by atoms with Crippen molar-refractivity contribution in [1.29, 1.82) is 0 Å². The maximum Gasteiger partial charge on any atom is 0.243 e. The van der Waals surface area contributed by atoms with Crippen molar-refractivity contribution in [2.75, 3.05) is 26.8 Å². The number of halogens is 1. The molecule has 0 spiro atoms. The van der Waals surface area contributed by atoms with Crippen LogP contribution in [-0.4, -0.2) is 49.3 Å². The highest BCUT2D eigenvalue weighted by molar-refractivity contribution is 7.89. The zero-order valence-corrected chi connectivity index (χ0v) is 19.6. The Bertz CT molecular complexity index is 1220. The second kappa shape index (κ2) is 9.59. The van der Waals surface area contributed by atoms with E-state index >= 15 is 0 Å². The van der Waals surface area contributed by atoms with Crippen LogP contribution in [0.25, 0.3) is 11.8 Å². The summed E-state index contributed by atoms with van der Waals surface area (Å²) >= 11 is 0. The highest BCUT2D eigenvalue weighted by Crippen LogP contribution is 2.36. The number of nitrogens with zero attached hydrogens (tertiary/aromatic N) is 3. The molecule has 0 bridgehead atoms. The molecule has 174 valence electrons. The van der Waals surface area contributed by atoms with Crippen molar-refractivity contribution in [2.45, 2.75) is 24.7 Å². The van der Waals surface area contributed by atoms with Crippen LogP contribution in [0.1, 0.15) is 24.6 Å². The molecule has 0 saturated heterocycles. The van der Waals surface area contributed by atoms with Crippen molar-refractivity contribution >= 4 is 16.1 Å². The summed E-state index contributed by atoms with van der Waals surface area (Å²) in [6.07, 6.45) is 7.07. The minimum Gasteiger partial charge on any atom is -0.384 e. The van der Waals surface area contributed by atoms with Crippen molar-refractivity contribution in [3.63, 3.8) is 0 Å². The Balaban J connectivity index is 1.66. The first kappa shape index (κ1) is 23.4. The quantitative estimate of drug-likeness (QED) is 0.468. The zero-order chi connectivity index (χ0) is 23.5. The lowest BCUT2D eigenvalue weighted by Crippen LogP contribution is -2.45.